The number of carbonyl (C=O) groups is 1. The maximum atomic E-state index is 13.7. The fourth-order valence-corrected chi connectivity index (χ4v) is 5.84. The van der Waals surface area contributed by atoms with Gasteiger partial charge in [0.15, 0.2) is 0 Å². The summed E-state index contributed by atoms with van der Waals surface area (Å²) in [6.45, 7) is 3.56. The van der Waals surface area contributed by atoms with Crippen molar-refractivity contribution in [2.45, 2.75) is 56.9 Å². The van der Waals surface area contributed by atoms with Crippen LogP contribution in [-0.4, -0.2) is 38.3 Å². The Morgan fingerprint density at radius 1 is 1.07 bits per heavy atom. The molecule has 0 bridgehead atoms. The van der Waals surface area contributed by atoms with Crippen LogP contribution in [0, 0.1) is 13.8 Å². The van der Waals surface area contributed by atoms with Gasteiger partial charge in [-0.2, -0.15) is 4.31 Å². The molecule has 0 spiro atoms. The summed E-state index contributed by atoms with van der Waals surface area (Å²) in [5, 5.41) is 2.84. The lowest BCUT2D eigenvalue weighted by Crippen LogP contribution is -2.45. The van der Waals surface area contributed by atoms with Gasteiger partial charge in [0.05, 0.1) is 13.7 Å². The van der Waals surface area contributed by atoms with Crippen molar-refractivity contribution in [2.24, 2.45) is 0 Å². The zero-order valence-electron chi connectivity index (χ0n) is 17.8. The molecule has 0 heterocycles. The minimum Gasteiger partial charge on any atom is -0.495 e. The monoisotopic (exact) mass is 430 g/mol. The molecule has 7 heteroatoms. The van der Waals surface area contributed by atoms with E-state index >= 15 is 0 Å². The van der Waals surface area contributed by atoms with Gasteiger partial charge in [-0.25, -0.2) is 8.42 Å². The first-order valence-corrected chi connectivity index (χ1v) is 11.8. The van der Waals surface area contributed by atoms with Gasteiger partial charge in [0, 0.05) is 11.7 Å². The molecule has 30 heavy (non-hydrogen) atoms. The van der Waals surface area contributed by atoms with E-state index in [1.165, 1.54) is 11.4 Å². The third kappa shape index (κ3) is 5.21. The fourth-order valence-electron chi connectivity index (χ4n) is 3.96. The molecule has 1 aliphatic carbocycles. The molecule has 0 unspecified atom stereocenters. The zero-order chi connectivity index (χ0) is 21.7. The Morgan fingerprint density at radius 2 is 1.77 bits per heavy atom. The molecular weight excluding hydrogens is 400 g/mol. The van der Waals surface area contributed by atoms with Crippen molar-refractivity contribution in [1.29, 1.82) is 0 Å². The summed E-state index contributed by atoms with van der Waals surface area (Å²) in [5.41, 5.74) is 2.50. The van der Waals surface area contributed by atoms with Crippen LogP contribution in [0.4, 0.5) is 5.69 Å². The first kappa shape index (κ1) is 22.3. The van der Waals surface area contributed by atoms with Gasteiger partial charge in [-0.3, -0.25) is 4.79 Å². The largest absolute Gasteiger partial charge is 0.495 e. The van der Waals surface area contributed by atoms with Crippen molar-refractivity contribution in [2.75, 3.05) is 19.0 Å². The van der Waals surface area contributed by atoms with E-state index < -0.39 is 10.0 Å². The van der Waals surface area contributed by atoms with Crippen molar-refractivity contribution in [3.8, 4) is 5.75 Å². The van der Waals surface area contributed by atoms with E-state index in [2.05, 4.69) is 5.32 Å². The highest BCUT2D eigenvalue weighted by Gasteiger charge is 2.35. The van der Waals surface area contributed by atoms with E-state index in [0.717, 1.165) is 43.2 Å². The Morgan fingerprint density at radius 3 is 2.43 bits per heavy atom. The van der Waals surface area contributed by atoms with E-state index in [9.17, 15) is 13.2 Å². The SMILES string of the molecule is COc1ccc(C)cc1S(=O)(=O)N(CC(=O)Nc1cccc(C)c1)C1CCCCC1. The molecule has 1 N–H and O–H groups in total. The Labute approximate surface area is 179 Å². The quantitative estimate of drug-likeness (QED) is 0.712. The third-order valence-electron chi connectivity index (χ3n) is 5.49. The number of nitrogens with zero attached hydrogens (tertiary/aromatic N) is 1. The van der Waals surface area contributed by atoms with Gasteiger partial charge < -0.3 is 10.1 Å². The van der Waals surface area contributed by atoms with Crippen LogP contribution in [0.25, 0.3) is 0 Å². The molecule has 1 saturated carbocycles. The van der Waals surface area contributed by atoms with Gasteiger partial charge >= 0.3 is 0 Å². The summed E-state index contributed by atoms with van der Waals surface area (Å²) in [6.07, 6.45) is 4.52. The number of carbonyl (C=O) groups excluding carboxylic acids is 1. The number of ether oxygens (including phenoxy) is 1. The number of benzene rings is 2. The van der Waals surface area contributed by atoms with Crippen LogP contribution in [-0.2, 0) is 14.8 Å². The summed E-state index contributed by atoms with van der Waals surface area (Å²) in [7, 11) is -2.46. The van der Waals surface area contributed by atoms with E-state index in [4.69, 9.17) is 4.74 Å². The second-order valence-electron chi connectivity index (χ2n) is 7.91. The zero-order valence-corrected chi connectivity index (χ0v) is 18.7. The van der Waals surface area contributed by atoms with Gasteiger partial charge in [-0.05, 0) is 62.1 Å². The molecule has 1 fully saturated rings. The predicted molar refractivity (Wildman–Crippen MR) is 118 cm³/mol. The minimum absolute atomic E-state index is 0.110. The highest BCUT2D eigenvalue weighted by Crippen LogP contribution is 2.32. The van der Waals surface area contributed by atoms with Crippen molar-refractivity contribution in [3.05, 3.63) is 53.6 Å². The fraction of sp³-hybridized carbons (Fsp3) is 0.435. The molecular formula is C23H30N2O4S. The molecule has 2 aromatic carbocycles. The van der Waals surface area contributed by atoms with Gasteiger partial charge in [0.2, 0.25) is 15.9 Å². The minimum atomic E-state index is -3.91. The molecule has 1 amide bonds. The van der Waals surface area contributed by atoms with E-state index in [1.807, 2.05) is 38.1 Å². The van der Waals surface area contributed by atoms with Crippen molar-refractivity contribution < 1.29 is 17.9 Å². The van der Waals surface area contributed by atoms with Crippen LogP contribution in [0.2, 0.25) is 0 Å². The smallest absolute Gasteiger partial charge is 0.247 e. The number of amides is 1. The number of hydrogen-bond acceptors (Lipinski definition) is 4. The highest BCUT2D eigenvalue weighted by molar-refractivity contribution is 7.89. The lowest BCUT2D eigenvalue weighted by Gasteiger charge is -2.33. The summed E-state index contributed by atoms with van der Waals surface area (Å²) in [5.74, 6) is -0.0538. The lowest BCUT2D eigenvalue weighted by molar-refractivity contribution is -0.116. The van der Waals surface area contributed by atoms with Gasteiger partial charge in [-0.15, -0.1) is 0 Å². The van der Waals surface area contributed by atoms with Crippen LogP contribution in [0.5, 0.6) is 5.75 Å². The van der Waals surface area contributed by atoms with Crippen LogP contribution in [0.15, 0.2) is 47.4 Å². The Bertz CT molecular complexity index is 998. The molecule has 0 saturated heterocycles. The summed E-state index contributed by atoms with van der Waals surface area (Å²) in [6, 6.07) is 12.4. The van der Waals surface area contributed by atoms with E-state index in [1.54, 1.807) is 18.2 Å². The molecule has 3 rings (SSSR count). The first-order valence-electron chi connectivity index (χ1n) is 10.3. The van der Waals surface area contributed by atoms with Gasteiger partial charge in [-0.1, -0.05) is 37.5 Å². The van der Waals surface area contributed by atoms with Crippen LogP contribution < -0.4 is 10.1 Å². The molecule has 1 aliphatic rings. The highest BCUT2D eigenvalue weighted by atomic mass is 32.2. The van der Waals surface area contributed by atoms with Gasteiger partial charge in [0.25, 0.3) is 0 Å². The molecule has 0 aromatic heterocycles. The van der Waals surface area contributed by atoms with Crippen LogP contribution in [0.1, 0.15) is 43.2 Å². The maximum Gasteiger partial charge on any atom is 0.247 e. The molecule has 0 atom stereocenters. The molecule has 0 radical (unpaired) electrons. The summed E-state index contributed by atoms with van der Waals surface area (Å²) in [4.78, 5) is 12.9. The number of rotatable bonds is 7. The predicted octanol–water partition coefficient (Wildman–Crippen LogP) is 4.27. The molecule has 6 nitrogen and oxygen atoms in total. The standard InChI is InChI=1S/C23H30N2O4S/c1-17-8-7-9-19(14-17)24-23(26)16-25(20-10-5-4-6-11-20)30(27,28)22-15-18(2)12-13-21(22)29-3/h7-9,12-15,20H,4-6,10-11,16H2,1-3H3,(H,24,26). The van der Waals surface area contributed by atoms with E-state index in [-0.39, 0.29) is 23.4 Å². The van der Waals surface area contributed by atoms with Crippen molar-refractivity contribution in [1.82, 2.24) is 4.31 Å². The van der Waals surface area contributed by atoms with Crippen LogP contribution in [0.3, 0.4) is 0 Å². The molecule has 0 aliphatic heterocycles. The number of methoxy groups -OCH3 is 1. The summed E-state index contributed by atoms with van der Waals surface area (Å²) < 4.78 is 34.0. The first-order chi connectivity index (χ1) is 14.3. The molecule has 162 valence electrons. The third-order valence-corrected chi connectivity index (χ3v) is 7.41. The second-order valence-corrected chi connectivity index (χ2v) is 9.77. The number of aryl methyl sites for hydroxylation is 2. The number of nitrogens with one attached hydrogen (secondary N) is 1. The topological polar surface area (TPSA) is 75.7 Å². The Hall–Kier alpha value is -2.38. The van der Waals surface area contributed by atoms with Crippen molar-refractivity contribution in [3.63, 3.8) is 0 Å². The number of sulfonamides is 1. The average molecular weight is 431 g/mol. The maximum absolute atomic E-state index is 13.7. The Kier molecular flexibility index (Phi) is 7.15. The number of anilines is 1. The lowest BCUT2D eigenvalue weighted by atomic mass is 9.95. The second kappa shape index (κ2) is 9.62. The Balaban J connectivity index is 1.92. The average Bonchev–Trinajstić information content (AvgIpc) is 2.72. The number of hydrogen-bond donors (Lipinski definition) is 1. The molecule has 2 aromatic rings. The summed E-state index contributed by atoms with van der Waals surface area (Å²) >= 11 is 0. The normalized spacial score (nSPS) is 15.2. The van der Waals surface area contributed by atoms with E-state index in [0.29, 0.717) is 11.4 Å². The van der Waals surface area contributed by atoms with Crippen LogP contribution >= 0.6 is 0 Å². The van der Waals surface area contributed by atoms with Gasteiger partial charge in [0.1, 0.15) is 10.6 Å². The van der Waals surface area contributed by atoms with Crippen molar-refractivity contribution >= 4 is 21.6 Å².